The summed E-state index contributed by atoms with van der Waals surface area (Å²) in [6.45, 7) is 15.8. The molecule has 0 amide bonds. The molecular formula is C32H47ClN2+2. The van der Waals surface area contributed by atoms with Gasteiger partial charge in [0, 0.05) is 41.5 Å². The first-order chi connectivity index (χ1) is 17.0. The monoisotopic (exact) mass is 494 g/mol. The number of quaternary nitrogens is 2. The van der Waals surface area contributed by atoms with Gasteiger partial charge in [0.25, 0.3) is 0 Å². The molecule has 0 spiro atoms. The number of rotatable bonds is 8. The third-order valence-electron chi connectivity index (χ3n) is 10.2. The quantitative estimate of drug-likeness (QED) is 0.336. The highest BCUT2D eigenvalue weighted by Crippen LogP contribution is 2.51. The summed E-state index contributed by atoms with van der Waals surface area (Å²) < 4.78 is 2.73. The molecule has 35 heavy (non-hydrogen) atoms. The van der Waals surface area contributed by atoms with Crippen molar-refractivity contribution in [3.8, 4) is 0 Å². The molecule has 4 aliphatic rings. The van der Waals surface area contributed by atoms with Gasteiger partial charge in [-0.1, -0.05) is 54.1 Å². The molecule has 2 aromatic carbocycles. The summed E-state index contributed by atoms with van der Waals surface area (Å²) in [6.07, 6.45) is 11.3. The molecule has 0 unspecified atom stereocenters. The molecule has 3 heteroatoms. The molecule has 2 saturated heterocycles. The van der Waals surface area contributed by atoms with E-state index in [0.717, 1.165) is 5.02 Å². The minimum Gasteiger partial charge on any atom is -0.323 e. The lowest BCUT2D eigenvalue weighted by molar-refractivity contribution is -0.917. The van der Waals surface area contributed by atoms with E-state index in [-0.39, 0.29) is 0 Å². The number of hydrogen-bond donors (Lipinski definition) is 0. The van der Waals surface area contributed by atoms with Crippen LogP contribution in [-0.2, 0) is 10.8 Å². The van der Waals surface area contributed by atoms with E-state index in [1.54, 1.807) is 5.56 Å². The summed E-state index contributed by atoms with van der Waals surface area (Å²) in [4.78, 5) is 0. The first kappa shape index (κ1) is 25.3. The van der Waals surface area contributed by atoms with Crippen LogP contribution in [0.25, 0.3) is 0 Å². The fraction of sp³-hybridized carbons (Fsp3) is 0.625. The summed E-state index contributed by atoms with van der Waals surface area (Å²) in [5.74, 6) is 0. The number of likely N-dealkylation sites (N-methyl/N-ethyl adjacent to an activating group) is 2. The Bertz CT molecular complexity index is 947. The van der Waals surface area contributed by atoms with Gasteiger partial charge in [-0.05, 0) is 62.8 Å². The summed E-state index contributed by atoms with van der Waals surface area (Å²) in [5, 5.41) is 0.857. The van der Waals surface area contributed by atoms with Crippen LogP contribution in [0.3, 0.4) is 0 Å². The summed E-state index contributed by atoms with van der Waals surface area (Å²) in [5.41, 5.74) is 4.13. The van der Waals surface area contributed by atoms with Crippen LogP contribution < -0.4 is 0 Å². The topological polar surface area (TPSA) is 0 Å². The Morgan fingerprint density at radius 1 is 0.600 bits per heavy atom. The fourth-order valence-electron chi connectivity index (χ4n) is 7.44. The molecule has 0 bridgehead atoms. The van der Waals surface area contributed by atoms with Gasteiger partial charge in [-0.15, -0.1) is 0 Å². The highest BCUT2D eigenvalue weighted by atomic mass is 35.5. The van der Waals surface area contributed by atoms with Gasteiger partial charge in [0.2, 0.25) is 0 Å². The lowest BCUT2D eigenvalue weighted by atomic mass is 9.94. The van der Waals surface area contributed by atoms with Crippen molar-refractivity contribution in [3.63, 3.8) is 0 Å². The van der Waals surface area contributed by atoms with E-state index in [4.69, 9.17) is 11.6 Å². The van der Waals surface area contributed by atoms with Gasteiger partial charge in [-0.3, -0.25) is 0 Å². The lowest BCUT2D eigenvalue weighted by Gasteiger charge is -2.37. The Balaban J connectivity index is 0.000000145. The molecule has 0 radical (unpaired) electrons. The summed E-state index contributed by atoms with van der Waals surface area (Å²) in [7, 11) is 0. The van der Waals surface area contributed by atoms with Gasteiger partial charge < -0.3 is 8.97 Å². The number of benzene rings is 2. The third kappa shape index (κ3) is 5.50. The molecule has 0 aromatic heterocycles. The summed E-state index contributed by atoms with van der Waals surface area (Å²) >= 11 is 6.00. The minimum atomic E-state index is 0.477. The molecule has 0 N–H and O–H groups in total. The van der Waals surface area contributed by atoms with E-state index in [1.165, 1.54) is 118 Å². The average Bonchev–Trinajstić information content (AvgIpc) is 3.74. The molecule has 2 aromatic rings. The maximum Gasteiger partial charge on any atom is 0.0884 e. The molecule has 2 nitrogen and oxygen atoms in total. The van der Waals surface area contributed by atoms with Crippen LogP contribution in [0.15, 0.2) is 54.6 Å². The average molecular weight is 495 g/mol. The number of hydrogen-bond acceptors (Lipinski definition) is 0. The molecule has 4 fully saturated rings. The van der Waals surface area contributed by atoms with Crippen molar-refractivity contribution in [2.75, 3.05) is 52.4 Å². The maximum atomic E-state index is 6.00. The van der Waals surface area contributed by atoms with E-state index in [9.17, 15) is 0 Å². The Hall–Kier alpha value is -1.35. The second-order valence-electron chi connectivity index (χ2n) is 12.4. The van der Waals surface area contributed by atoms with Crippen molar-refractivity contribution in [1.29, 1.82) is 0 Å². The molecular weight excluding hydrogens is 448 g/mol. The van der Waals surface area contributed by atoms with Gasteiger partial charge >= 0.3 is 0 Å². The Morgan fingerprint density at radius 2 is 1.00 bits per heavy atom. The van der Waals surface area contributed by atoms with Crippen LogP contribution in [0.2, 0.25) is 5.02 Å². The minimum absolute atomic E-state index is 0.477. The van der Waals surface area contributed by atoms with Crippen LogP contribution >= 0.6 is 11.6 Å². The van der Waals surface area contributed by atoms with Gasteiger partial charge in [0.15, 0.2) is 0 Å². The number of likely N-dealkylation sites (tertiary alicyclic amines) is 2. The first-order valence-electron chi connectivity index (χ1n) is 14.5. The van der Waals surface area contributed by atoms with Crippen LogP contribution in [0, 0.1) is 0 Å². The van der Waals surface area contributed by atoms with Gasteiger partial charge in [0.05, 0.1) is 52.4 Å². The van der Waals surface area contributed by atoms with Crippen LogP contribution in [-0.4, -0.2) is 61.3 Å². The Morgan fingerprint density at radius 3 is 1.37 bits per heavy atom. The lowest BCUT2D eigenvalue weighted by Crippen LogP contribution is -2.49. The Labute approximate surface area is 219 Å². The third-order valence-corrected chi connectivity index (χ3v) is 10.4. The van der Waals surface area contributed by atoms with E-state index in [0.29, 0.717) is 10.8 Å². The van der Waals surface area contributed by atoms with Crippen molar-refractivity contribution in [3.05, 3.63) is 70.7 Å². The van der Waals surface area contributed by atoms with Crippen LogP contribution in [0.5, 0.6) is 0 Å². The molecule has 2 heterocycles. The van der Waals surface area contributed by atoms with Crippen LogP contribution in [0.4, 0.5) is 0 Å². The Kier molecular flexibility index (Phi) is 7.37. The fourth-order valence-corrected chi connectivity index (χ4v) is 7.57. The molecule has 0 atom stereocenters. The van der Waals surface area contributed by atoms with E-state index >= 15 is 0 Å². The highest BCUT2D eigenvalue weighted by molar-refractivity contribution is 6.30. The van der Waals surface area contributed by atoms with E-state index in [1.807, 2.05) is 0 Å². The van der Waals surface area contributed by atoms with Gasteiger partial charge in [-0.2, -0.15) is 0 Å². The van der Waals surface area contributed by atoms with Crippen molar-refractivity contribution in [1.82, 2.24) is 0 Å². The van der Waals surface area contributed by atoms with E-state index < -0.39 is 0 Å². The molecule has 2 saturated carbocycles. The van der Waals surface area contributed by atoms with Crippen LogP contribution in [0.1, 0.15) is 76.3 Å². The molecule has 2 aliphatic heterocycles. The predicted octanol–water partition coefficient (Wildman–Crippen LogP) is 7.35. The normalized spacial score (nSPS) is 24.4. The van der Waals surface area contributed by atoms with Crippen molar-refractivity contribution >= 4 is 11.6 Å². The zero-order valence-electron chi connectivity index (χ0n) is 22.3. The predicted molar refractivity (Wildman–Crippen MR) is 149 cm³/mol. The van der Waals surface area contributed by atoms with E-state index in [2.05, 4.69) is 68.4 Å². The van der Waals surface area contributed by atoms with Gasteiger partial charge in [0.1, 0.15) is 0 Å². The van der Waals surface area contributed by atoms with Crippen molar-refractivity contribution in [2.45, 2.75) is 76.0 Å². The molecule has 190 valence electrons. The second-order valence-corrected chi connectivity index (χ2v) is 12.8. The maximum absolute atomic E-state index is 6.00. The highest BCUT2D eigenvalue weighted by Gasteiger charge is 2.52. The zero-order chi connectivity index (χ0) is 24.4. The first-order valence-corrected chi connectivity index (χ1v) is 14.9. The second kappa shape index (κ2) is 10.2. The standard InChI is InChI=1S/C16H23ClN.C16H24N/c1-2-18(11-3-4-12-18)13-16(9-10-16)14-5-7-15(17)8-6-14;1-2-17(12-6-7-13-17)14-16(10-11-16)15-8-4-3-5-9-15/h5-8H,2-4,9-13H2,1H3;3-5,8-9H,2,6-7,10-14H2,1H3/q2*+1. The number of nitrogens with zero attached hydrogens (tertiary/aromatic N) is 2. The van der Waals surface area contributed by atoms with Gasteiger partial charge in [-0.25, -0.2) is 0 Å². The van der Waals surface area contributed by atoms with Crippen molar-refractivity contribution < 1.29 is 8.97 Å². The molecule has 6 rings (SSSR count). The SMILES string of the molecule is CC[N+]1(CC2(c3ccc(Cl)cc3)CC2)CCCC1.CC[N+]1(CC2(c3ccccc3)CC2)CCCC1. The smallest absolute Gasteiger partial charge is 0.0884 e. The zero-order valence-corrected chi connectivity index (χ0v) is 23.0. The van der Waals surface area contributed by atoms with Crippen molar-refractivity contribution in [2.24, 2.45) is 0 Å². The molecule has 2 aliphatic carbocycles. The summed E-state index contributed by atoms with van der Waals surface area (Å²) in [6, 6.07) is 19.8. The largest absolute Gasteiger partial charge is 0.323 e. The number of halogens is 1.